The first-order valence-electron chi connectivity index (χ1n) is 7.19. The van der Waals surface area contributed by atoms with Crippen LogP contribution < -0.4 is 0 Å². The van der Waals surface area contributed by atoms with Crippen LogP contribution in [0.5, 0.6) is 0 Å². The largest absolute Gasteiger partial charge is 0.480 e. The lowest BCUT2D eigenvalue weighted by molar-refractivity contribution is -0.152. The standard InChI is InChI=1S/C16H17F3O3/c1-2-10-4-3-9-15(13(10)20,14(21)22)11-5-7-12(8-6-11)16(17,18)19/h5-8,10H,2-4,9H2,1H3,(H,21,22). The minimum atomic E-state index is -4.49. The van der Waals surface area contributed by atoms with Gasteiger partial charge >= 0.3 is 12.1 Å². The molecule has 0 heterocycles. The molecular formula is C16H17F3O3. The molecule has 22 heavy (non-hydrogen) atoms. The highest BCUT2D eigenvalue weighted by Crippen LogP contribution is 2.41. The Morgan fingerprint density at radius 3 is 2.36 bits per heavy atom. The van der Waals surface area contributed by atoms with Crippen molar-refractivity contribution in [2.75, 3.05) is 0 Å². The quantitative estimate of drug-likeness (QED) is 0.863. The highest BCUT2D eigenvalue weighted by molar-refractivity contribution is 6.10. The Balaban J connectivity index is 2.48. The number of carbonyl (C=O) groups excluding carboxylic acids is 1. The zero-order chi connectivity index (χ0) is 16.5. The van der Waals surface area contributed by atoms with Gasteiger partial charge in [0.15, 0.2) is 11.2 Å². The molecule has 0 aliphatic heterocycles. The number of hydrogen-bond donors (Lipinski definition) is 1. The summed E-state index contributed by atoms with van der Waals surface area (Å²) in [5, 5.41) is 9.61. The van der Waals surface area contributed by atoms with Gasteiger partial charge in [0.05, 0.1) is 5.56 Å². The summed E-state index contributed by atoms with van der Waals surface area (Å²) in [6.07, 6.45) is -2.63. The van der Waals surface area contributed by atoms with Crippen molar-refractivity contribution >= 4 is 11.8 Å². The van der Waals surface area contributed by atoms with Gasteiger partial charge in [-0.2, -0.15) is 13.2 Å². The fourth-order valence-corrected chi connectivity index (χ4v) is 3.17. The third-order valence-electron chi connectivity index (χ3n) is 4.46. The third kappa shape index (κ3) is 2.62. The second-order valence-electron chi connectivity index (χ2n) is 5.65. The van der Waals surface area contributed by atoms with E-state index in [0.29, 0.717) is 19.3 Å². The summed E-state index contributed by atoms with van der Waals surface area (Å²) >= 11 is 0. The smallest absolute Gasteiger partial charge is 0.416 e. The van der Waals surface area contributed by atoms with E-state index in [-0.39, 0.29) is 17.9 Å². The molecule has 6 heteroatoms. The van der Waals surface area contributed by atoms with E-state index in [9.17, 15) is 27.9 Å². The van der Waals surface area contributed by atoms with Gasteiger partial charge in [-0.25, -0.2) is 0 Å². The van der Waals surface area contributed by atoms with Gasteiger partial charge in [-0.05, 0) is 37.0 Å². The number of alkyl halides is 3. The lowest BCUT2D eigenvalue weighted by Crippen LogP contribution is -2.49. The van der Waals surface area contributed by atoms with E-state index in [4.69, 9.17) is 0 Å². The van der Waals surface area contributed by atoms with Gasteiger partial charge in [0, 0.05) is 5.92 Å². The van der Waals surface area contributed by atoms with Crippen molar-refractivity contribution in [3.63, 3.8) is 0 Å². The topological polar surface area (TPSA) is 54.4 Å². The van der Waals surface area contributed by atoms with Gasteiger partial charge in [0.25, 0.3) is 0 Å². The lowest BCUT2D eigenvalue weighted by atomic mass is 9.64. The predicted octanol–water partition coefficient (Wildman–Crippen LogP) is 3.81. The molecular weight excluding hydrogens is 297 g/mol. The number of rotatable bonds is 3. The predicted molar refractivity (Wildman–Crippen MR) is 73.4 cm³/mol. The van der Waals surface area contributed by atoms with Crippen LogP contribution in [0.2, 0.25) is 0 Å². The van der Waals surface area contributed by atoms with Crippen LogP contribution in [0, 0.1) is 5.92 Å². The average Bonchev–Trinajstić information content (AvgIpc) is 2.46. The lowest BCUT2D eigenvalue weighted by Gasteiger charge is -2.36. The fourth-order valence-electron chi connectivity index (χ4n) is 3.17. The highest BCUT2D eigenvalue weighted by Gasteiger charge is 2.51. The maximum absolute atomic E-state index is 12.6. The molecule has 2 rings (SSSR count). The highest BCUT2D eigenvalue weighted by atomic mass is 19.4. The van der Waals surface area contributed by atoms with Crippen LogP contribution in [0.1, 0.15) is 43.7 Å². The van der Waals surface area contributed by atoms with Crippen LogP contribution in [0.15, 0.2) is 24.3 Å². The van der Waals surface area contributed by atoms with Gasteiger partial charge in [-0.3, -0.25) is 9.59 Å². The Labute approximate surface area is 126 Å². The van der Waals surface area contributed by atoms with Crippen molar-refractivity contribution in [2.45, 2.75) is 44.2 Å². The second-order valence-corrected chi connectivity index (χ2v) is 5.65. The van der Waals surface area contributed by atoms with E-state index in [1.165, 1.54) is 0 Å². The number of ketones is 1. The molecule has 0 saturated heterocycles. The normalized spacial score (nSPS) is 26.0. The molecule has 0 bridgehead atoms. The molecule has 3 nitrogen and oxygen atoms in total. The Morgan fingerprint density at radius 2 is 1.91 bits per heavy atom. The number of halogens is 3. The molecule has 120 valence electrons. The molecule has 1 fully saturated rings. The van der Waals surface area contributed by atoms with E-state index < -0.39 is 28.9 Å². The SMILES string of the molecule is CCC1CCCC(C(=O)O)(c2ccc(C(F)(F)F)cc2)C1=O. The first-order valence-corrected chi connectivity index (χ1v) is 7.19. The third-order valence-corrected chi connectivity index (χ3v) is 4.46. The van der Waals surface area contributed by atoms with E-state index in [2.05, 4.69) is 0 Å². The molecule has 1 aromatic carbocycles. The number of carbonyl (C=O) groups is 2. The monoisotopic (exact) mass is 314 g/mol. The second kappa shape index (κ2) is 5.74. The first kappa shape index (κ1) is 16.5. The van der Waals surface area contributed by atoms with Gasteiger partial charge in [0.1, 0.15) is 0 Å². The molecule has 1 aliphatic rings. The van der Waals surface area contributed by atoms with Crippen LogP contribution in [-0.2, 0) is 21.2 Å². The molecule has 1 aliphatic carbocycles. The van der Waals surface area contributed by atoms with Crippen LogP contribution in [0.3, 0.4) is 0 Å². The first-order chi connectivity index (χ1) is 10.2. The molecule has 0 aromatic heterocycles. The minimum Gasteiger partial charge on any atom is -0.480 e. The van der Waals surface area contributed by atoms with Crippen molar-refractivity contribution in [3.05, 3.63) is 35.4 Å². The maximum atomic E-state index is 12.6. The van der Waals surface area contributed by atoms with Crippen molar-refractivity contribution < 1.29 is 27.9 Å². The van der Waals surface area contributed by atoms with Gasteiger partial charge in [-0.15, -0.1) is 0 Å². The number of carboxylic acid groups (broad SMARTS) is 1. The van der Waals surface area contributed by atoms with Gasteiger partial charge in [-0.1, -0.05) is 25.5 Å². The zero-order valence-electron chi connectivity index (χ0n) is 12.1. The number of benzene rings is 1. The molecule has 2 atom stereocenters. The molecule has 1 saturated carbocycles. The summed E-state index contributed by atoms with van der Waals surface area (Å²) in [6.45, 7) is 1.81. The maximum Gasteiger partial charge on any atom is 0.416 e. The van der Waals surface area contributed by atoms with Crippen LogP contribution in [0.25, 0.3) is 0 Å². The summed E-state index contributed by atoms with van der Waals surface area (Å²) in [5.41, 5.74) is -2.44. The molecule has 1 aromatic rings. The van der Waals surface area contributed by atoms with Crippen LogP contribution >= 0.6 is 0 Å². The minimum absolute atomic E-state index is 0.128. The van der Waals surface area contributed by atoms with Crippen LogP contribution in [0.4, 0.5) is 13.2 Å². The summed E-state index contributed by atoms with van der Waals surface area (Å²) in [4.78, 5) is 24.4. The fraction of sp³-hybridized carbons (Fsp3) is 0.500. The molecule has 1 N–H and O–H groups in total. The summed E-state index contributed by atoms with van der Waals surface area (Å²) in [7, 11) is 0. The van der Waals surface area contributed by atoms with Gasteiger partial charge in [0.2, 0.25) is 0 Å². The van der Waals surface area contributed by atoms with Gasteiger partial charge < -0.3 is 5.11 Å². The zero-order valence-corrected chi connectivity index (χ0v) is 12.1. The van der Waals surface area contributed by atoms with Crippen molar-refractivity contribution in [2.24, 2.45) is 5.92 Å². The number of carboxylic acids is 1. The molecule has 0 radical (unpaired) electrons. The van der Waals surface area contributed by atoms with Crippen molar-refractivity contribution in [1.29, 1.82) is 0 Å². The van der Waals surface area contributed by atoms with Crippen LogP contribution in [-0.4, -0.2) is 16.9 Å². The molecule has 0 amide bonds. The summed E-state index contributed by atoms with van der Waals surface area (Å²) in [6, 6.07) is 3.91. The Kier molecular flexibility index (Phi) is 4.31. The Bertz CT molecular complexity index is 577. The molecule has 2 unspecified atom stereocenters. The number of aliphatic carboxylic acids is 1. The van der Waals surface area contributed by atoms with E-state index in [1.54, 1.807) is 0 Å². The Hall–Kier alpha value is -1.85. The number of hydrogen-bond acceptors (Lipinski definition) is 2. The summed E-state index contributed by atoms with van der Waals surface area (Å²) in [5.74, 6) is -2.03. The summed E-state index contributed by atoms with van der Waals surface area (Å²) < 4.78 is 37.9. The average molecular weight is 314 g/mol. The van der Waals surface area contributed by atoms with E-state index in [1.807, 2.05) is 6.92 Å². The van der Waals surface area contributed by atoms with Crippen molar-refractivity contribution in [1.82, 2.24) is 0 Å². The number of Topliss-reactive ketones (excluding diaryl/α,β-unsaturated/α-hetero) is 1. The Morgan fingerprint density at radius 1 is 1.32 bits per heavy atom. The van der Waals surface area contributed by atoms with E-state index >= 15 is 0 Å². The molecule has 0 spiro atoms. The van der Waals surface area contributed by atoms with Crippen molar-refractivity contribution in [3.8, 4) is 0 Å². The van der Waals surface area contributed by atoms with E-state index in [0.717, 1.165) is 24.3 Å².